The molecule has 0 unspecified atom stereocenters. The fourth-order valence-electron chi connectivity index (χ4n) is 3.78. The summed E-state index contributed by atoms with van der Waals surface area (Å²) in [7, 11) is 0. The average Bonchev–Trinajstić information content (AvgIpc) is 3.52. The maximum absolute atomic E-state index is 5.60. The van der Waals surface area contributed by atoms with E-state index in [1.807, 2.05) is 97.1 Å². The van der Waals surface area contributed by atoms with Gasteiger partial charge in [-0.05, 0) is 35.3 Å². The van der Waals surface area contributed by atoms with Gasteiger partial charge in [-0.15, -0.1) is 35.9 Å². The molecule has 3 heterocycles. The van der Waals surface area contributed by atoms with Crippen LogP contribution in [-0.4, -0.2) is 9.97 Å². The van der Waals surface area contributed by atoms with E-state index in [-0.39, 0.29) is 20.1 Å². The first-order valence-corrected chi connectivity index (χ1v) is 11.2. The van der Waals surface area contributed by atoms with Crippen molar-refractivity contribution in [2.24, 2.45) is 0 Å². The number of oxazole rings is 1. The standard InChI is InChI=1S/C15H9N2O2.C15H10N.Ir/c1-3-7-12-10(5-1)16-14(18-12)9-15-17-11-6-2-4-8-13(11)19-15;1-2-6-12(7-3-1)15-11-10-13-8-4-5-9-14(13)16-15;/h1-9H;1-6,8-11H;/q2*-1;/b14-9+;;. The molecule has 1 radical (unpaired) electrons. The van der Waals surface area contributed by atoms with Crippen molar-refractivity contribution < 1.29 is 29.3 Å². The van der Waals surface area contributed by atoms with Crippen molar-refractivity contribution in [3.8, 4) is 17.0 Å². The Hall–Kier alpha value is -4.25. The Morgan fingerprint density at radius 2 is 1.50 bits per heavy atom. The van der Waals surface area contributed by atoms with E-state index >= 15 is 0 Å². The van der Waals surface area contributed by atoms with E-state index in [1.54, 1.807) is 6.08 Å². The van der Waals surface area contributed by atoms with Crippen LogP contribution in [0.5, 0.6) is 5.75 Å². The van der Waals surface area contributed by atoms with E-state index in [0.29, 0.717) is 11.8 Å². The molecule has 6 heteroatoms. The molecule has 4 aromatic carbocycles. The molecule has 0 bridgehead atoms. The summed E-state index contributed by atoms with van der Waals surface area (Å²) >= 11 is 0. The monoisotopic (exact) mass is 646 g/mol. The number of rotatable bonds is 2. The van der Waals surface area contributed by atoms with Crippen LogP contribution in [0.15, 0.2) is 119 Å². The van der Waals surface area contributed by atoms with E-state index < -0.39 is 0 Å². The molecular formula is C30H19IrN3O2-2. The predicted molar refractivity (Wildman–Crippen MR) is 138 cm³/mol. The Labute approximate surface area is 221 Å². The van der Waals surface area contributed by atoms with Crippen LogP contribution in [0.1, 0.15) is 5.89 Å². The zero-order valence-corrected chi connectivity index (χ0v) is 21.4. The number of ether oxygens (including phenoxy) is 1. The Bertz CT molecular complexity index is 1600. The van der Waals surface area contributed by atoms with Gasteiger partial charge >= 0.3 is 0 Å². The van der Waals surface area contributed by atoms with Crippen molar-refractivity contribution in [3.05, 3.63) is 132 Å². The zero-order valence-electron chi connectivity index (χ0n) is 19.0. The van der Waals surface area contributed by atoms with Crippen molar-refractivity contribution in [2.45, 2.75) is 0 Å². The van der Waals surface area contributed by atoms with Crippen molar-refractivity contribution in [1.82, 2.24) is 9.97 Å². The molecule has 36 heavy (non-hydrogen) atoms. The van der Waals surface area contributed by atoms with Crippen molar-refractivity contribution >= 4 is 33.8 Å². The van der Waals surface area contributed by atoms with Gasteiger partial charge in [0.25, 0.3) is 0 Å². The van der Waals surface area contributed by atoms with Crippen LogP contribution in [0.2, 0.25) is 0 Å². The topological polar surface area (TPSA) is 62.2 Å². The summed E-state index contributed by atoms with van der Waals surface area (Å²) < 4.78 is 11.2. The summed E-state index contributed by atoms with van der Waals surface area (Å²) in [5.41, 5.74) is 5.43. The van der Waals surface area contributed by atoms with Crippen molar-refractivity contribution in [2.75, 3.05) is 0 Å². The molecule has 2 aromatic heterocycles. The van der Waals surface area contributed by atoms with Gasteiger partial charge in [-0.25, -0.2) is 4.98 Å². The van der Waals surface area contributed by atoms with Crippen molar-refractivity contribution in [3.63, 3.8) is 0 Å². The molecule has 0 spiro atoms. The minimum atomic E-state index is 0. The van der Waals surface area contributed by atoms with Gasteiger partial charge < -0.3 is 14.5 Å². The van der Waals surface area contributed by atoms with E-state index in [0.717, 1.165) is 39.3 Å². The second kappa shape index (κ2) is 10.6. The molecule has 0 aliphatic carbocycles. The third-order valence-corrected chi connectivity index (χ3v) is 5.45. The van der Waals surface area contributed by atoms with Gasteiger partial charge in [0.05, 0.1) is 5.52 Å². The summed E-state index contributed by atoms with van der Waals surface area (Å²) in [6.45, 7) is 0. The summed E-state index contributed by atoms with van der Waals surface area (Å²) in [5.74, 6) is 1.74. The van der Waals surface area contributed by atoms with Gasteiger partial charge in [0.1, 0.15) is 11.3 Å². The predicted octanol–water partition coefficient (Wildman–Crippen LogP) is 7.92. The largest absolute Gasteiger partial charge is 0.624 e. The number of nitrogens with zero attached hydrogens (tertiary/aromatic N) is 3. The van der Waals surface area contributed by atoms with Gasteiger partial charge in [-0.3, -0.25) is 4.98 Å². The smallest absolute Gasteiger partial charge is 0.221 e. The van der Waals surface area contributed by atoms with Crippen LogP contribution in [0.4, 0.5) is 5.69 Å². The summed E-state index contributed by atoms with van der Waals surface area (Å²) in [5, 5.41) is 5.52. The summed E-state index contributed by atoms with van der Waals surface area (Å²) in [6, 6.07) is 38.6. The zero-order chi connectivity index (χ0) is 23.5. The molecule has 5 nitrogen and oxygen atoms in total. The first kappa shape index (κ1) is 23.5. The Morgan fingerprint density at radius 3 is 2.33 bits per heavy atom. The molecular weight excluding hydrogens is 627 g/mol. The maximum atomic E-state index is 5.60. The van der Waals surface area contributed by atoms with Crippen LogP contribution >= 0.6 is 0 Å². The minimum Gasteiger partial charge on any atom is -0.624 e. The molecule has 0 N–H and O–H groups in total. The third-order valence-electron chi connectivity index (χ3n) is 5.45. The van der Waals surface area contributed by atoms with E-state index in [4.69, 9.17) is 9.15 Å². The summed E-state index contributed by atoms with van der Waals surface area (Å²) in [4.78, 5) is 8.97. The Kier molecular flexibility index (Phi) is 6.89. The summed E-state index contributed by atoms with van der Waals surface area (Å²) in [6.07, 6.45) is 1.69. The normalized spacial score (nSPS) is 12.7. The van der Waals surface area contributed by atoms with Gasteiger partial charge in [-0.1, -0.05) is 66.4 Å². The second-order valence-electron chi connectivity index (χ2n) is 7.85. The van der Waals surface area contributed by atoms with Crippen LogP contribution in [0.25, 0.3) is 44.7 Å². The molecule has 0 fully saturated rings. The van der Waals surface area contributed by atoms with Crippen LogP contribution in [-0.2, 0) is 20.1 Å². The van der Waals surface area contributed by atoms with Crippen LogP contribution < -0.4 is 4.74 Å². The number of hydrogen-bond donors (Lipinski definition) is 0. The van der Waals surface area contributed by atoms with Gasteiger partial charge in [0.2, 0.25) is 5.89 Å². The number of para-hydroxylation sites is 5. The van der Waals surface area contributed by atoms with Gasteiger partial charge in [0.15, 0.2) is 5.58 Å². The Morgan fingerprint density at radius 1 is 0.722 bits per heavy atom. The van der Waals surface area contributed by atoms with E-state index in [2.05, 4.69) is 33.5 Å². The molecule has 177 valence electrons. The minimum absolute atomic E-state index is 0. The second-order valence-corrected chi connectivity index (χ2v) is 7.85. The number of fused-ring (bicyclic) bond motifs is 3. The number of hydrogen-bond acceptors (Lipinski definition) is 4. The molecule has 7 rings (SSSR count). The van der Waals surface area contributed by atoms with E-state index in [9.17, 15) is 0 Å². The fourth-order valence-corrected chi connectivity index (χ4v) is 3.78. The average molecular weight is 646 g/mol. The SMILES string of the molecule is C(=C1/[N-]c2ccccc2O1)/c1nc2ccccc2o1.[Ir].[c-]1ccccc1-c1ccc2ccccc2n1. The Balaban J connectivity index is 0.000000146. The molecule has 1 aliphatic heterocycles. The molecule has 0 amide bonds. The van der Waals surface area contributed by atoms with Crippen molar-refractivity contribution in [1.29, 1.82) is 0 Å². The molecule has 1 aliphatic rings. The fraction of sp³-hybridized carbons (Fsp3) is 0. The van der Waals surface area contributed by atoms with Gasteiger partial charge in [-0.2, -0.15) is 0 Å². The first-order valence-electron chi connectivity index (χ1n) is 11.2. The molecule has 0 atom stereocenters. The molecule has 0 saturated carbocycles. The van der Waals surface area contributed by atoms with Gasteiger partial charge in [0, 0.05) is 32.1 Å². The third kappa shape index (κ3) is 5.05. The number of aromatic nitrogens is 2. The number of benzene rings is 4. The van der Waals surface area contributed by atoms with E-state index in [1.165, 1.54) is 5.39 Å². The quantitative estimate of drug-likeness (QED) is 0.180. The first-order chi connectivity index (χ1) is 17.3. The molecule has 6 aromatic rings. The van der Waals surface area contributed by atoms with Crippen LogP contribution in [0, 0.1) is 6.07 Å². The maximum Gasteiger partial charge on any atom is 0.221 e. The molecule has 0 saturated heterocycles. The van der Waals surface area contributed by atoms with Crippen LogP contribution in [0.3, 0.4) is 0 Å². The number of pyridine rings is 1.